The van der Waals surface area contributed by atoms with Crippen molar-refractivity contribution in [3.63, 3.8) is 0 Å². The number of ether oxygens (including phenoxy) is 2. The van der Waals surface area contributed by atoms with Crippen molar-refractivity contribution in [1.29, 1.82) is 0 Å². The second-order valence-electron chi connectivity index (χ2n) is 9.36. The molecule has 0 bridgehead atoms. The molecule has 2 rings (SSSR count). The minimum atomic E-state index is -0.513. The van der Waals surface area contributed by atoms with Gasteiger partial charge >= 0.3 is 0 Å². The van der Waals surface area contributed by atoms with Gasteiger partial charge in [-0.05, 0) is 66.3 Å². The van der Waals surface area contributed by atoms with Crippen molar-refractivity contribution in [2.45, 2.75) is 96.4 Å². The largest absolute Gasteiger partial charge is 0.391 e. The Balaban J connectivity index is 2.08. The Morgan fingerprint density at radius 1 is 1.12 bits per heavy atom. The van der Waals surface area contributed by atoms with Crippen molar-refractivity contribution < 1.29 is 19.4 Å². The summed E-state index contributed by atoms with van der Waals surface area (Å²) in [7, 11) is 1.84. The zero-order valence-corrected chi connectivity index (χ0v) is 21.3. The molecule has 0 aromatic rings. The predicted octanol–water partition coefficient (Wildman–Crippen LogP) is 4.49. The molecule has 34 heavy (non-hydrogen) atoms. The fourth-order valence-electron chi connectivity index (χ4n) is 4.31. The van der Waals surface area contributed by atoms with Crippen LogP contribution in [0.25, 0.3) is 0 Å². The van der Waals surface area contributed by atoms with E-state index in [0.29, 0.717) is 19.4 Å². The van der Waals surface area contributed by atoms with Crippen LogP contribution in [0.15, 0.2) is 59.8 Å². The second-order valence-corrected chi connectivity index (χ2v) is 9.36. The summed E-state index contributed by atoms with van der Waals surface area (Å²) in [6.07, 6.45) is 20.6. The summed E-state index contributed by atoms with van der Waals surface area (Å²) in [4.78, 5) is 11.9. The van der Waals surface area contributed by atoms with Crippen molar-refractivity contribution in [3.05, 3.63) is 59.8 Å². The summed E-state index contributed by atoms with van der Waals surface area (Å²) >= 11 is 0. The maximum atomic E-state index is 11.9. The Morgan fingerprint density at radius 2 is 1.94 bits per heavy atom. The molecule has 0 radical (unpaired) electrons. The first kappa shape index (κ1) is 28.2. The lowest BCUT2D eigenvalue weighted by Crippen LogP contribution is -2.54. The number of carbonyl (C=O) groups excluding carboxylic acids is 1. The van der Waals surface area contributed by atoms with Gasteiger partial charge in [0.25, 0.3) is 0 Å². The monoisotopic (exact) mass is 472 g/mol. The fraction of sp³-hybridized carbons (Fsp3) is 0.607. The normalized spacial score (nSPS) is 36.7. The minimum Gasteiger partial charge on any atom is -0.391 e. The van der Waals surface area contributed by atoms with E-state index in [1.807, 2.05) is 26.1 Å². The molecule has 190 valence electrons. The summed E-state index contributed by atoms with van der Waals surface area (Å²) < 4.78 is 12.3. The molecule has 5 atom stereocenters. The third-order valence-electron chi connectivity index (χ3n) is 6.19. The van der Waals surface area contributed by atoms with E-state index < -0.39 is 12.4 Å². The van der Waals surface area contributed by atoms with Crippen molar-refractivity contribution in [2.75, 3.05) is 13.6 Å². The molecule has 1 amide bonds. The van der Waals surface area contributed by atoms with Crippen LogP contribution in [0.2, 0.25) is 0 Å². The Bertz CT molecular complexity index is 756. The fourth-order valence-corrected chi connectivity index (χ4v) is 4.31. The molecule has 0 aromatic heterocycles. The molecule has 0 saturated carbocycles. The smallest absolute Gasteiger partial charge is 0.243 e. The van der Waals surface area contributed by atoms with Gasteiger partial charge in [0.15, 0.2) is 6.29 Å². The van der Waals surface area contributed by atoms with Crippen LogP contribution >= 0.6 is 0 Å². The Labute approximate surface area is 205 Å². The maximum absolute atomic E-state index is 11.9. The van der Waals surface area contributed by atoms with Crippen molar-refractivity contribution in [2.24, 2.45) is 0 Å². The average Bonchev–Trinajstić information content (AvgIpc) is 2.78. The molecule has 0 unspecified atom stereocenters. The standard InChI is InChI=1S/C28H44N2O4/c1-21-13-9-6-5-7-12-18-30-26(32)15-11-8-10-14-24(17-16-22(2)19-21)34-27-20-25(31)28(29-4)23(3)33-27/h6,8-11,13,15-16,23-25,27-29,31H,5,7,12,14,17-20H2,1-4H3,(H,30,32)/b9-6+,10-8+,15-11+,21-13+,22-16+/t23-,24-,25+,27-,28-/m1/s1. The number of aliphatic hydroxyl groups excluding tert-OH is 1. The van der Waals surface area contributed by atoms with Crippen LogP contribution in [0.3, 0.4) is 0 Å². The lowest BCUT2D eigenvalue weighted by Gasteiger charge is -2.39. The number of nitrogens with one attached hydrogen (secondary N) is 2. The highest BCUT2D eigenvalue weighted by molar-refractivity contribution is 5.87. The van der Waals surface area contributed by atoms with Crippen LogP contribution < -0.4 is 10.6 Å². The molecular formula is C28H44N2O4. The maximum Gasteiger partial charge on any atom is 0.243 e. The van der Waals surface area contributed by atoms with Gasteiger partial charge in [-0.25, -0.2) is 0 Å². The first-order valence-electron chi connectivity index (χ1n) is 12.6. The number of carbonyl (C=O) groups is 1. The summed E-state index contributed by atoms with van der Waals surface area (Å²) in [5.41, 5.74) is 2.62. The molecule has 1 fully saturated rings. The first-order valence-corrected chi connectivity index (χ1v) is 12.6. The van der Waals surface area contributed by atoms with E-state index in [9.17, 15) is 9.90 Å². The molecule has 6 heteroatoms. The van der Waals surface area contributed by atoms with Crippen LogP contribution in [-0.2, 0) is 14.3 Å². The Morgan fingerprint density at radius 3 is 2.71 bits per heavy atom. The van der Waals surface area contributed by atoms with E-state index in [4.69, 9.17) is 9.47 Å². The van der Waals surface area contributed by atoms with Gasteiger partial charge in [0.2, 0.25) is 5.91 Å². The SMILES string of the molecule is CN[C@H]1[C@@H](O)C[C@@H](O[C@@H]2C/C=C/C=C/C(=O)NCCCC/C=C/C=C(\C)C/C(C)=C/C2)O[C@@H]1C. The minimum absolute atomic E-state index is 0.0721. The van der Waals surface area contributed by atoms with Crippen LogP contribution in [0.4, 0.5) is 0 Å². The van der Waals surface area contributed by atoms with E-state index in [1.54, 1.807) is 12.2 Å². The highest BCUT2D eigenvalue weighted by atomic mass is 16.7. The molecule has 0 aromatic carbocycles. The molecule has 3 N–H and O–H groups in total. The van der Waals surface area contributed by atoms with Gasteiger partial charge in [0, 0.05) is 19.0 Å². The van der Waals surface area contributed by atoms with Crippen molar-refractivity contribution in [3.8, 4) is 0 Å². The highest BCUT2D eigenvalue weighted by Crippen LogP contribution is 2.24. The summed E-state index contributed by atoms with van der Waals surface area (Å²) in [6.45, 7) is 6.96. The molecular weight excluding hydrogens is 428 g/mol. The van der Waals surface area contributed by atoms with Crippen LogP contribution in [0.1, 0.15) is 65.7 Å². The Kier molecular flexibility index (Phi) is 13.1. The van der Waals surface area contributed by atoms with Crippen molar-refractivity contribution in [1.82, 2.24) is 10.6 Å². The van der Waals surface area contributed by atoms with Gasteiger partial charge in [-0.15, -0.1) is 0 Å². The first-order chi connectivity index (χ1) is 16.4. The number of aliphatic hydroxyl groups is 1. The van der Waals surface area contributed by atoms with Crippen LogP contribution in [0.5, 0.6) is 0 Å². The third-order valence-corrected chi connectivity index (χ3v) is 6.19. The molecule has 6 nitrogen and oxygen atoms in total. The van der Waals surface area contributed by atoms with Gasteiger partial charge in [-0.2, -0.15) is 0 Å². The zero-order chi connectivity index (χ0) is 24.8. The lowest BCUT2D eigenvalue weighted by molar-refractivity contribution is -0.236. The van der Waals surface area contributed by atoms with Gasteiger partial charge in [-0.1, -0.05) is 53.7 Å². The van der Waals surface area contributed by atoms with Crippen LogP contribution in [0, 0.1) is 0 Å². The topological polar surface area (TPSA) is 79.8 Å². The molecule has 0 aliphatic carbocycles. The second kappa shape index (κ2) is 15.8. The number of hydrogen-bond acceptors (Lipinski definition) is 5. The lowest BCUT2D eigenvalue weighted by atomic mass is 9.99. The molecule has 1 saturated heterocycles. The molecule has 0 spiro atoms. The zero-order valence-electron chi connectivity index (χ0n) is 21.3. The van der Waals surface area contributed by atoms with Crippen molar-refractivity contribution >= 4 is 5.91 Å². The summed E-state index contributed by atoms with van der Waals surface area (Å²) in [5, 5.41) is 16.5. The van der Waals surface area contributed by atoms with E-state index >= 15 is 0 Å². The number of amides is 1. The quantitative estimate of drug-likeness (QED) is 0.528. The van der Waals surface area contributed by atoms with Gasteiger partial charge in [0.05, 0.1) is 24.4 Å². The third kappa shape index (κ3) is 11.0. The van der Waals surface area contributed by atoms with E-state index in [0.717, 1.165) is 32.1 Å². The molecule has 2 aliphatic heterocycles. The summed E-state index contributed by atoms with van der Waals surface area (Å²) in [6, 6.07) is -0.0965. The van der Waals surface area contributed by atoms with Gasteiger partial charge in [0.1, 0.15) is 0 Å². The van der Waals surface area contributed by atoms with Gasteiger partial charge < -0.3 is 25.2 Å². The number of likely N-dealkylation sites (N-methyl/N-ethyl adjacent to an activating group) is 1. The van der Waals surface area contributed by atoms with E-state index in [2.05, 4.69) is 48.8 Å². The van der Waals surface area contributed by atoms with E-state index in [-0.39, 0.29) is 24.2 Å². The van der Waals surface area contributed by atoms with Gasteiger partial charge in [-0.3, -0.25) is 4.79 Å². The number of hydrogen-bond donors (Lipinski definition) is 3. The predicted molar refractivity (Wildman–Crippen MR) is 138 cm³/mol. The highest BCUT2D eigenvalue weighted by Gasteiger charge is 2.35. The van der Waals surface area contributed by atoms with E-state index in [1.165, 1.54) is 11.1 Å². The molecule has 2 aliphatic rings. The average molecular weight is 473 g/mol. The number of rotatable bonds is 3. The van der Waals surface area contributed by atoms with Crippen LogP contribution in [-0.4, -0.2) is 55.2 Å². The summed E-state index contributed by atoms with van der Waals surface area (Å²) in [5.74, 6) is -0.0721. The number of allylic oxidation sites excluding steroid dienone is 7. The molecule has 2 heterocycles. The Hall–Kier alpha value is -1.99.